The summed E-state index contributed by atoms with van der Waals surface area (Å²) in [4.78, 5) is 0. The number of para-hydroxylation sites is 1. The monoisotopic (exact) mass is 536 g/mol. The molecule has 1 heteroatoms. The Bertz CT molecular complexity index is 2240. The third kappa shape index (κ3) is 3.14. The predicted molar refractivity (Wildman–Crippen MR) is 175 cm³/mol. The van der Waals surface area contributed by atoms with Gasteiger partial charge in [-0.3, -0.25) is 0 Å². The van der Waals surface area contributed by atoms with E-state index in [9.17, 15) is 0 Å². The molecule has 0 N–H and O–H groups in total. The van der Waals surface area contributed by atoms with Crippen molar-refractivity contribution in [3.8, 4) is 56.0 Å². The molecule has 0 bridgehead atoms. The highest BCUT2D eigenvalue weighted by atomic mass is 16.5. The quantitative estimate of drug-likeness (QED) is 0.213. The van der Waals surface area contributed by atoms with Crippen molar-refractivity contribution in [2.75, 3.05) is 0 Å². The zero-order chi connectivity index (χ0) is 28.0. The molecule has 0 aromatic heterocycles. The number of hydrogen-bond acceptors (Lipinski definition) is 1. The molecule has 0 atom stereocenters. The molecule has 7 aromatic carbocycles. The Balaban J connectivity index is 1.36. The first-order chi connectivity index (χ1) is 20.6. The van der Waals surface area contributed by atoms with E-state index in [0.29, 0.717) is 0 Å². The minimum atomic E-state index is -0.153. The van der Waals surface area contributed by atoms with E-state index in [4.69, 9.17) is 4.74 Å². The number of hydrogen-bond donors (Lipinski definition) is 0. The van der Waals surface area contributed by atoms with Crippen LogP contribution in [0.15, 0.2) is 133 Å². The number of fused-ring (bicyclic) bond motifs is 7. The Morgan fingerprint density at radius 3 is 2.12 bits per heavy atom. The van der Waals surface area contributed by atoms with Gasteiger partial charge in [-0.05, 0) is 90.5 Å². The summed E-state index contributed by atoms with van der Waals surface area (Å²) in [5.74, 6) is 1.84. The molecule has 0 amide bonds. The van der Waals surface area contributed by atoms with E-state index in [-0.39, 0.29) is 5.41 Å². The van der Waals surface area contributed by atoms with Crippen LogP contribution in [-0.4, -0.2) is 0 Å². The van der Waals surface area contributed by atoms with Gasteiger partial charge in [-0.25, -0.2) is 0 Å². The molecule has 0 saturated carbocycles. The largest absolute Gasteiger partial charge is 0.456 e. The van der Waals surface area contributed by atoms with Gasteiger partial charge in [-0.1, -0.05) is 123 Å². The lowest BCUT2D eigenvalue weighted by molar-refractivity contribution is 0.487. The van der Waals surface area contributed by atoms with Crippen LogP contribution in [0, 0.1) is 0 Å². The van der Waals surface area contributed by atoms with Gasteiger partial charge in [0.25, 0.3) is 0 Å². The smallest absolute Gasteiger partial charge is 0.135 e. The van der Waals surface area contributed by atoms with E-state index in [2.05, 4.69) is 141 Å². The maximum atomic E-state index is 6.42. The Morgan fingerprint density at radius 2 is 1.21 bits per heavy atom. The fourth-order valence-electron chi connectivity index (χ4n) is 7.55. The average molecular weight is 537 g/mol. The van der Waals surface area contributed by atoms with Crippen molar-refractivity contribution >= 4 is 21.5 Å². The van der Waals surface area contributed by atoms with Crippen LogP contribution >= 0.6 is 0 Å². The highest BCUT2D eigenvalue weighted by Crippen LogP contribution is 2.56. The molecular weight excluding hydrogens is 508 g/mol. The number of ether oxygens (including phenoxy) is 1. The van der Waals surface area contributed by atoms with E-state index in [1.54, 1.807) is 0 Å². The summed E-state index contributed by atoms with van der Waals surface area (Å²) in [6.45, 7) is 4.79. The maximum Gasteiger partial charge on any atom is 0.135 e. The zero-order valence-corrected chi connectivity index (χ0v) is 23.6. The second kappa shape index (κ2) is 8.44. The van der Waals surface area contributed by atoms with Gasteiger partial charge >= 0.3 is 0 Å². The van der Waals surface area contributed by atoms with Gasteiger partial charge < -0.3 is 4.74 Å². The summed E-state index contributed by atoms with van der Waals surface area (Å²) < 4.78 is 6.42. The lowest BCUT2D eigenvalue weighted by Gasteiger charge is -2.25. The topological polar surface area (TPSA) is 9.23 Å². The molecule has 0 spiro atoms. The van der Waals surface area contributed by atoms with Gasteiger partial charge in [0.1, 0.15) is 11.5 Å². The van der Waals surface area contributed by atoms with Crippen LogP contribution < -0.4 is 4.74 Å². The van der Waals surface area contributed by atoms with Gasteiger partial charge in [0.2, 0.25) is 0 Å². The van der Waals surface area contributed by atoms with Gasteiger partial charge in [0.15, 0.2) is 0 Å². The predicted octanol–water partition coefficient (Wildman–Crippen LogP) is 11.4. The number of benzene rings is 7. The van der Waals surface area contributed by atoms with E-state index in [0.717, 1.165) is 17.1 Å². The summed E-state index contributed by atoms with van der Waals surface area (Å²) in [7, 11) is 0. The Kier molecular flexibility index (Phi) is 4.73. The molecule has 0 saturated heterocycles. The van der Waals surface area contributed by atoms with Crippen molar-refractivity contribution in [1.29, 1.82) is 0 Å². The van der Waals surface area contributed by atoms with Gasteiger partial charge in [0, 0.05) is 16.4 Å². The summed E-state index contributed by atoms with van der Waals surface area (Å²) in [6.07, 6.45) is 0. The molecule has 1 aliphatic carbocycles. The molecule has 2 aliphatic rings. The lowest BCUT2D eigenvalue weighted by Crippen LogP contribution is -2.15. The van der Waals surface area contributed by atoms with Crippen molar-refractivity contribution in [1.82, 2.24) is 0 Å². The minimum Gasteiger partial charge on any atom is -0.456 e. The molecule has 0 unspecified atom stereocenters. The van der Waals surface area contributed by atoms with Gasteiger partial charge in [-0.15, -0.1) is 0 Å². The molecule has 1 heterocycles. The standard InChI is InChI=1S/C41H28O/c1-41(2)35-24-27(28-21-22-37-39-31(28)16-10-17-32(39)30-15-8-9-18-36(30)42-37)23-34(25-11-4-3-5-12-25)38(35)33-20-19-26-13-6-7-14-29(26)40(33)41/h3-24H,1-2H3. The van der Waals surface area contributed by atoms with Gasteiger partial charge in [0.05, 0.1) is 0 Å². The average Bonchev–Trinajstić information content (AvgIpc) is 3.28. The molecule has 198 valence electrons. The third-order valence-corrected chi connectivity index (χ3v) is 9.43. The third-order valence-electron chi connectivity index (χ3n) is 9.43. The Hall–Kier alpha value is -5.14. The Labute approximate surface area is 245 Å². The highest BCUT2D eigenvalue weighted by molar-refractivity contribution is 6.11. The van der Waals surface area contributed by atoms with E-state index in [1.165, 1.54) is 71.6 Å². The summed E-state index contributed by atoms with van der Waals surface area (Å²) in [5.41, 5.74) is 12.7. The fraction of sp³-hybridized carbons (Fsp3) is 0.0732. The molecule has 1 aliphatic heterocycles. The van der Waals surface area contributed by atoms with Crippen molar-refractivity contribution in [2.24, 2.45) is 0 Å². The second-order valence-corrected chi connectivity index (χ2v) is 12.1. The molecule has 0 radical (unpaired) electrons. The van der Waals surface area contributed by atoms with Crippen molar-refractivity contribution in [3.63, 3.8) is 0 Å². The summed E-state index contributed by atoms with van der Waals surface area (Å²) in [5, 5.41) is 5.04. The molecule has 7 aromatic rings. The molecule has 9 rings (SSSR count). The first-order valence-electron chi connectivity index (χ1n) is 14.7. The second-order valence-electron chi connectivity index (χ2n) is 12.1. The fourth-order valence-corrected chi connectivity index (χ4v) is 7.55. The van der Waals surface area contributed by atoms with Crippen LogP contribution in [0.3, 0.4) is 0 Å². The van der Waals surface area contributed by atoms with E-state index in [1.807, 2.05) is 6.07 Å². The van der Waals surface area contributed by atoms with Crippen LogP contribution in [-0.2, 0) is 5.41 Å². The van der Waals surface area contributed by atoms with Gasteiger partial charge in [-0.2, -0.15) is 0 Å². The minimum absolute atomic E-state index is 0.153. The maximum absolute atomic E-state index is 6.42. The summed E-state index contributed by atoms with van der Waals surface area (Å²) >= 11 is 0. The highest BCUT2D eigenvalue weighted by Gasteiger charge is 2.39. The van der Waals surface area contributed by atoms with E-state index < -0.39 is 0 Å². The lowest BCUT2D eigenvalue weighted by atomic mass is 9.78. The normalized spacial score (nSPS) is 13.9. The van der Waals surface area contributed by atoms with Crippen molar-refractivity contribution in [3.05, 3.63) is 145 Å². The van der Waals surface area contributed by atoms with Crippen molar-refractivity contribution < 1.29 is 4.74 Å². The summed E-state index contributed by atoms with van der Waals surface area (Å²) in [6, 6.07) is 48.6. The first-order valence-corrected chi connectivity index (χ1v) is 14.7. The van der Waals surface area contributed by atoms with E-state index >= 15 is 0 Å². The Morgan fingerprint density at radius 1 is 0.476 bits per heavy atom. The molecule has 0 fully saturated rings. The molecule has 42 heavy (non-hydrogen) atoms. The van der Waals surface area contributed by atoms with Crippen LogP contribution in [0.5, 0.6) is 11.5 Å². The SMILES string of the molecule is CC1(C)c2cc(-c3ccc4c5c(cccc35)-c3ccccc3O4)cc(-c3ccccc3)c2-c2ccc3ccccc3c21. The van der Waals surface area contributed by atoms with Crippen LogP contribution in [0.4, 0.5) is 0 Å². The van der Waals surface area contributed by atoms with Crippen LogP contribution in [0.25, 0.3) is 66.1 Å². The van der Waals surface area contributed by atoms with Crippen LogP contribution in [0.1, 0.15) is 25.0 Å². The van der Waals surface area contributed by atoms with Crippen molar-refractivity contribution in [2.45, 2.75) is 19.3 Å². The first kappa shape index (κ1) is 23.6. The van der Waals surface area contributed by atoms with Crippen LogP contribution in [0.2, 0.25) is 0 Å². The number of rotatable bonds is 2. The molecule has 1 nitrogen and oxygen atoms in total. The molecular formula is C41H28O. The zero-order valence-electron chi connectivity index (χ0n) is 23.6.